The highest BCUT2D eigenvalue weighted by molar-refractivity contribution is 5.95. The molecule has 0 saturated carbocycles. The number of hydrogen-bond acceptors (Lipinski definition) is 4. The molecular weight excluding hydrogens is 359 g/mol. The molecule has 0 aliphatic carbocycles. The maximum Gasteiger partial charge on any atom is 0.253 e. The predicted molar refractivity (Wildman–Crippen MR) is 105 cm³/mol. The number of likely N-dealkylation sites (tertiary alicyclic amines) is 1. The number of methoxy groups -OCH3 is 1. The average Bonchev–Trinajstić information content (AvgIpc) is 2.72. The number of anilines is 1. The summed E-state index contributed by atoms with van der Waals surface area (Å²) in [4.78, 5) is 16.4. The van der Waals surface area contributed by atoms with E-state index in [2.05, 4.69) is 17.0 Å². The zero-order chi connectivity index (χ0) is 19.6. The lowest BCUT2D eigenvalue weighted by Gasteiger charge is -2.47. The Morgan fingerprint density at radius 1 is 1.14 bits per heavy atom. The summed E-state index contributed by atoms with van der Waals surface area (Å²) < 4.78 is 24.9. The van der Waals surface area contributed by atoms with E-state index in [-0.39, 0.29) is 23.9 Å². The highest BCUT2D eigenvalue weighted by Crippen LogP contribution is 2.33. The number of amides is 1. The summed E-state index contributed by atoms with van der Waals surface area (Å²) in [6, 6.07) is 14.3. The predicted octanol–water partition coefficient (Wildman–Crippen LogP) is 3.23. The molecular formula is C22H25FN2O3. The number of ether oxygens (including phenoxy) is 2. The Hall–Kier alpha value is -2.44. The van der Waals surface area contributed by atoms with Crippen molar-refractivity contribution in [1.29, 1.82) is 0 Å². The van der Waals surface area contributed by atoms with Crippen LogP contribution in [0.2, 0.25) is 0 Å². The number of carbonyl (C=O) groups excluding carboxylic acids is 1. The van der Waals surface area contributed by atoms with Crippen molar-refractivity contribution in [3.05, 3.63) is 59.9 Å². The third-order valence-corrected chi connectivity index (χ3v) is 5.68. The van der Waals surface area contributed by atoms with Crippen molar-refractivity contribution in [2.45, 2.75) is 25.0 Å². The van der Waals surface area contributed by atoms with Gasteiger partial charge >= 0.3 is 0 Å². The molecule has 0 aromatic heterocycles. The van der Waals surface area contributed by atoms with Crippen molar-refractivity contribution < 1.29 is 18.7 Å². The van der Waals surface area contributed by atoms with Crippen molar-refractivity contribution in [2.75, 3.05) is 38.3 Å². The molecule has 6 heteroatoms. The molecule has 0 atom stereocenters. The molecule has 2 fully saturated rings. The molecule has 148 valence electrons. The van der Waals surface area contributed by atoms with Crippen LogP contribution in [0.25, 0.3) is 0 Å². The lowest BCUT2D eigenvalue weighted by atomic mass is 9.88. The Morgan fingerprint density at radius 3 is 2.68 bits per heavy atom. The van der Waals surface area contributed by atoms with Crippen LogP contribution in [0.3, 0.4) is 0 Å². The summed E-state index contributed by atoms with van der Waals surface area (Å²) in [5, 5.41) is 0. The Balaban J connectivity index is 1.41. The highest BCUT2D eigenvalue weighted by Gasteiger charge is 2.42. The third-order valence-electron chi connectivity index (χ3n) is 5.68. The maximum absolute atomic E-state index is 13.6. The van der Waals surface area contributed by atoms with Gasteiger partial charge in [-0.15, -0.1) is 0 Å². The van der Waals surface area contributed by atoms with Gasteiger partial charge in [-0.2, -0.15) is 0 Å². The molecule has 2 aliphatic rings. The minimum absolute atomic E-state index is 0.0480. The number of nitrogens with zero attached hydrogens (tertiary/aromatic N) is 2. The van der Waals surface area contributed by atoms with Gasteiger partial charge in [-0.25, -0.2) is 4.39 Å². The Labute approximate surface area is 164 Å². The maximum atomic E-state index is 13.6. The number of rotatable bonds is 4. The van der Waals surface area contributed by atoms with Crippen LogP contribution >= 0.6 is 0 Å². The van der Waals surface area contributed by atoms with E-state index in [1.807, 2.05) is 12.1 Å². The Morgan fingerprint density at radius 2 is 1.93 bits per heavy atom. The van der Waals surface area contributed by atoms with E-state index in [0.717, 1.165) is 38.2 Å². The smallest absolute Gasteiger partial charge is 0.253 e. The minimum atomic E-state index is -0.356. The molecule has 2 saturated heterocycles. The summed E-state index contributed by atoms with van der Waals surface area (Å²) in [5.74, 6) is 0.417. The van der Waals surface area contributed by atoms with Gasteiger partial charge in [-0.1, -0.05) is 18.2 Å². The fourth-order valence-corrected chi connectivity index (χ4v) is 4.04. The summed E-state index contributed by atoms with van der Waals surface area (Å²) in [7, 11) is 1.68. The van der Waals surface area contributed by atoms with Crippen molar-refractivity contribution in [3.63, 3.8) is 0 Å². The van der Waals surface area contributed by atoms with Crippen LogP contribution < -0.4 is 9.64 Å². The van der Waals surface area contributed by atoms with Crippen molar-refractivity contribution in [3.8, 4) is 5.75 Å². The first kappa shape index (κ1) is 18.9. The zero-order valence-electron chi connectivity index (χ0n) is 16.1. The van der Waals surface area contributed by atoms with Gasteiger partial charge < -0.3 is 14.4 Å². The second-order valence-electron chi connectivity index (χ2n) is 7.56. The highest BCUT2D eigenvalue weighted by atomic mass is 19.1. The molecule has 2 aromatic rings. The zero-order valence-corrected chi connectivity index (χ0v) is 16.1. The van der Waals surface area contributed by atoms with Crippen LogP contribution in [0.1, 0.15) is 18.4 Å². The Bertz CT molecular complexity index is 849. The van der Waals surface area contributed by atoms with Crippen molar-refractivity contribution in [2.24, 2.45) is 0 Å². The molecule has 4 rings (SSSR count). The lowest BCUT2D eigenvalue weighted by Crippen LogP contribution is -2.58. The van der Waals surface area contributed by atoms with E-state index in [0.29, 0.717) is 12.2 Å². The summed E-state index contributed by atoms with van der Waals surface area (Å²) >= 11 is 0. The first-order valence-electron chi connectivity index (χ1n) is 9.62. The van der Waals surface area contributed by atoms with E-state index in [4.69, 9.17) is 9.47 Å². The molecule has 1 amide bonds. The number of morpholine rings is 1. The molecule has 0 unspecified atom stereocenters. The SMILES string of the molecule is COc1cccc(CN2CCC3(CC2)CN(c2cccc(F)c2)C(=O)CO3)c1. The Kier molecular flexibility index (Phi) is 5.33. The van der Waals surface area contributed by atoms with E-state index < -0.39 is 0 Å². The molecule has 2 aromatic carbocycles. The lowest BCUT2D eigenvalue weighted by molar-refractivity contribution is -0.144. The van der Waals surface area contributed by atoms with Gasteiger partial charge in [0.25, 0.3) is 5.91 Å². The van der Waals surface area contributed by atoms with E-state index in [1.54, 1.807) is 24.1 Å². The van der Waals surface area contributed by atoms with Crippen molar-refractivity contribution in [1.82, 2.24) is 4.90 Å². The first-order chi connectivity index (χ1) is 13.6. The second-order valence-corrected chi connectivity index (χ2v) is 7.56. The molecule has 0 bridgehead atoms. The van der Waals surface area contributed by atoms with Gasteiger partial charge in [-0.05, 0) is 48.7 Å². The normalized spacial score (nSPS) is 19.8. The number of hydrogen-bond donors (Lipinski definition) is 0. The summed E-state index contributed by atoms with van der Waals surface area (Å²) in [6.07, 6.45) is 1.69. The average molecular weight is 384 g/mol. The van der Waals surface area contributed by atoms with Crippen molar-refractivity contribution >= 4 is 11.6 Å². The fraction of sp³-hybridized carbons (Fsp3) is 0.409. The van der Waals surface area contributed by atoms with Crippen LogP contribution in [0.4, 0.5) is 10.1 Å². The quantitative estimate of drug-likeness (QED) is 0.812. The summed E-state index contributed by atoms with van der Waals surface area (Å²) in [5.41, 5.74) is 1.47. The monoisotopic (exact) mass is 384 g/mol. The molecule has 28 heavy (non-hydrogen) atoms. The summed E-state index contributed by atoms with van der Waals surface area (Å²) in [6.45, 7) is 3.17. The topological polar surface area (TPSA) is 42.0 Å². The number of benzene rings is 2. The molecule has 2 aliphatic heterocycles. The molecule has 2 heterocycles. The number of carbonyl (C=O) groups is 1. The van der Waals surface area contributed by atoms with E-state index in [9.17, 15) is 9.18 Å². The second kappa shape index (κ2) is 7.89. The number of piperidine rings is 1. The van der Waals surface area contributed by atoms with Gasteiger partial charge in [0.1, 0.15) is 18.2 Å². The van der Waals surface area contributed by atoms with E-state index in [1.165, 1.54) is 17.7 Å². The van der Waals surface area contributed by atoms with Gasteiger partial charge in [-0.3, -0.25) is 9.69 Å². The van der Waals surface area contributed by atoms with Crippen LogP contribution in [-0.2, 0) is 16.1 Å². The number of halogens is 1. The molecule has 0 N–H and O–H groups in total. The van der Waals surface area contributed by atoms with E-state index >= 15 is 0 Å². The van der Waals surface area contributed by atoms with Crippen LogP contribution in [-0.4, -0.2) is 49.8 Å². The van der Waals surface area contributed by atoms with Crippen LogP contribution in [0.5, 0.6) is 5.75 Å². The van der Waals surface area contributed by atoms with Crippen LogP contribution in [0.15, 0.2) is 48.5 Å². The molecule has 1 spiro atoms. The molecule has 5 nitrogen and oxygen atoms in total. The van der Waals surface area contributed by atoms with Gasteiger partial charge in [0.2, 0.25) is 0 Å². The van der Waals surface area contributed by atoms with Crippen LogP contribution in [0, 0.1) is 5.82 Å². The minimum Gasteiger partial charge on any atom is -0.497 e. The van der Waals surface area contributed by atoms with Gasteiger partial charge in [0.15, 0.2) is 0 Å². The molecule has 0 radical (unpaired) electrons. The standard InChI is InChI=1S/C22H25FN2O3/c1-27-20-7-2-4-17(12-20)14-24-10-8-22(9-11-24)16-25(21(26)15-28-22)19-6-3-5-18(23)13-19/h2-7,12-13H,8-11,14-16H2,1H3. The van der Waals surface area contributed by atoms with Gasteiger partial charge in [0, 0.05) is 25.3 Å². The third kappa shape index (κ3) is 4.03. The fourth-order valence-electron chi connectivity index (χ4n) is 4.04. The van der Waals surface area contributed by atoms with Gasteiger partial charge in [0.05, 0.1) is 19.3 Å². The first-order valence-corrected chi connectivity index (χ1v) is 9.62. The largest absolute Gasteiger partial charge is 0.497 e.